The van der Waals surface area contributed by atoms with E-state index in [2.05, 4.69) is 15.5 Å². The van der Waals surface area contributed by atoms with Gasteiger partial charge in [0.2, 0.25) is 0 Å². The number of nitro groups is 1. The summed E-state index contributed by atoms with van der Waals surface area (Å²) < 4.78 is 0. The lowest BCUT2D eigenvalue weighted by Gasteiger charge is -2.08. The van der Waals surface area contributed by atoms with Gasteiger partial charge in [0.15, 0.2) is 0 Å². The number of nitrogens with zero attached hydrogens (tertiary/aromatic N) is 2. The molecule has 2 aromatic rings. The number of nitrogen functional groups attached to an aromatic ring is 1. The summed E-state index contributed by atoms with van der Waals surface area (Å²) in [6.07, 6.45) is 1.62. The van der Waals surface area contributed by atoms with Crippen molar-refractivity contribution in [2.75, 3.05) is 11.1 Å². The van der Waals surface area contributed by atoms with Crippen LogP contribution in [0.5, 0.6) is 0 Å². The number of hydrogen-bond donors (Lipinski definition) is 3. The summed E-state index contributed by atoms with van der Waals surface area (Å²) in [7, 11) is 0. The maximum atomic E-state index is 10.8. The highest BCUT2D eigenvalue weighted by Crippen LogP contribution is 2.25. The van der Waals surface area contributed by atoms with E-state index in [-0.39, 0.29) is 5.69 Å². The maximum Gasteiger partial charge on any atom is 0.274 e. The normalized spacial score (nSPS) is 10.3. The van der Waals surface area contributed by atoms with Crippen LogP contribution in [0.4, 0.5) is 17.2 Å². The second kappa shape index (κ2) is 4.74. The van der Waals surface area contributed by atoms with E-state index in [0.29, 0.717) is 23.6 Å². The number of nitrogens with two attached hydrogens (primary N) is 1. The molecule has 0 bridgehead atoms. The minimum Gasteiger partial charge on any atom is -0.384 e. The highest BCUT2D eigenvalue weighted by Gasteiger charge is 2.13. The first-order chi connectivity index (χ1) is 8.59. The van der Waals surface area contributed by atoms with E-state index < -0.39 is 4.92 Å². The van der Waals surface area contributed by atoms with Crippen molar-refractivity contribution in [3.63, 3.8) is 0 Å². The molecule has 0 spiro atoms. The van der Waals surface area contributed by atoms with E-state index in [1.165, 1.54) is 6.07 Å². The van der Waals surface area contributed by atoms with Crippen molar-refractivity contribution in [3.05, 3.63) is 45.6 Å². The molecule has 0 saturated heterocycles. The topological polar surface area (TPSA) is 110 Å². The van der Waals surface area contributed by atoms with Crippen molar-refractivity contribution in [3.8, 4) is 0 Å². The fraction of sp³-hybridized carbons (Fsp3) is 0.182. The predicted octanol–water partition coefficient (Wildman–Crippen LogP) is 1.82. The molecule has 7 nitrogen and oxygen atoms in total. The summed E-state index contributed by atoms with van der Waals surface area (Å²) in [5, 5.41) is 20.3. The van der Waals surface area contributed by atoms with E-state index in [4.69, 9.17) is 5.73 Å². The Morgan fingerprint density at radius 2 is 2.33 bits per heavy atom. The van der Waals surface area contributed by atoms with Gasteiger partial charge in [0.05, 0.1) is 11.1 Å². The first-order valence-electron chi connectivity index (χ1n) is 5.35. The molecule has 0 radical (unpaired) electrons. The molecule has 1 heterocycles. The Morgan fingerprint density at radius 1 is 1.56 bits per heavy atom. The number of aromatic amines is 1. The van der Waals surface area contributed by atoms with Crippen molar-refractivity contribution >= 4 is 17.2 Å². The smallest absolute Gasteiger partial charge is 0.274 e. The number of H-pyrrole nitrogens is 1. The quantitative estimate of drug-likeness (QED) is 0.563. The molecule has 7 heteroatoms. The van der Waals surface area contributed by atoms with Crippen LogP contribution in [0, 0.1) is 17.0 Å². The number of hydrogen-bond acceptors (Lipinski definition) is 5. The molecule has 2 rings (SSSR count). The second-order valence-corrected chi connectivity index (χ2v) is 3.87. The summed E-state index contributed by atoms with van der Waals surface area (Å²) in [4.78, 5) is 10.4. The minimum absolute atomic E-state index is 0.0974. The standard InChI is InChI=1S/C11H13N5O2/c1-7-9(3-2-4-10(7)16(17)18)13-5-8-6-14-15-11(8)12/h2-4,6,13H,5H2,1H3,(H3,12,14,15). The van der Waals surface area contributed by atoms with Crippen LogP contribution in [0.15, 0.2) is 24.4 Å². The highest BCUT2D eigenvalue weighted by molar-refractivity contribution is 5.60. The first kappa shape index (κ1) is 11.9. The van der Waals surface area contributed by atoms with Gasteiger partial charge in [0.1, 0.15) is 5.82 Å². The second-order valence-electron chi connectivity index (χ2n) is 3.87. The molecule has 0 atom stereocenters. The molecule has 0 aliphatic heterocycles. The first-order valence-corrected chi connectivity index (χ1v) is 5.35. The third kappa shape index (κ3) is 2.24. The number of nitro benzene ring substituents is 1. The fourth-order valence-electron chi connectivity index (χ4n) is 1.67. The average Bonchev–Trinajstić information content (AvgIpc) is 2.73. The van der Waals surface area contributed by atoms with Crippen LogP contribution in [0.1, 0.15) is 11.1 Å². The SMILES string of the molecule is Cc1c(NCc2cn[nH]c2N)cccc1[N+](=O)[O-]. The largest absolute Gasteiger partial charge is 0.384 e. The summed E-state index contributed by atoms with van der Waals surface area (Å²) in [5.41, 5.74) is 7.89. The maximum absolute atomic E-state index is 10.8. The van der Waals surface area contributed by atoms with E-state index >= 15 is 0 Å². The van der Waals surface area contributed by atoms with Gasteiger partial charge >= 0.3 is 0 Å². The monoisotopic (exact) mass is 247 g/mol. The number of nitrogens with one attached hydrogen (secondary N) is 2. The third-order valence-corrected chi connectivity index (χ3v) is 2.72. The average molecular weight is 247 g/mol. The summed E-state index contributed by atoms with van der Waals surface area (Å²) in [6.45, 7) is 2.17. The minimum atomic E-state index is -0.396. The van der Waals surface area contributed by atoms with Gasteiger partial charge in [-0.05, 0) is 13.0 Å². The lowest BCUT2D eigenvalue weighted by atomic mass is 10.1. The van der Waals surface area contributed by atoms with Crippen LogP contribution in [0.25, 0.3) is 0 Å². The number of aromatic nitrogens is 2. The van der Waals surface area contributed by atoms with Crippen LogP contribution >= 0.6 is 0 Å². The van der Waals surface area contributed by atoms with Crippen LogP contribution in [-0.4, -0.2) is 15.1 Å². The van der Waals surface area contributed by atoms with Crippen molar-refractivity contribution < 1.29 is 4.92 Å². The molecule has 0 amide bonds. The van der Waals surface area contributed by atoms with Gasteiger partial charge < -0.3 is 11.1 Å². The Balaban J connectivity index is 2.17. The van der Waals surface area contributed by atoms with Crippen molar-refractivity contribution in [1.82, 2.24) is 10.2 Å². The number of rotatable bonds is 4. The lowest BCUT2D eigenvalue weighted by molar-refractivity contribution is -0.385. The lowest BCUT2D eigenvalue weighted by Crippen LogP contribution is -2.04. The highest BCUT2D eigenvalue weighted by atomic mass is 16.6. The molecule has 0 unspecified atom stereocenters. The molecule has 18 heavy (non-hydrogen) atoms. The van der Waals surface area contributed by atoms with Gasteiger partial charge in [-0.15, -0.1) is 0 Å². The Morgan fingerprint density at radius 3 is 2.94 bits per heavy atom. The zero-order valence-electron chi connectivity index (χ0n) is 9.80. The molecule has 1 aromatic carbocycles. The predicted molar refractivity (Wildman–Crippen MR) is 68.2 cm³/mol. The van der Waals surface area contributed by atoms with E-state index in [9.17, 15) is 10.1 Å². The van der Waals surface area contributed by atoms with Crippen molar-refractivity contribution in [1.29, 1.82) is 0 Å². The van der Waals surface area contributed by atoms with Gasteiger partial charge in [-0.3, -0.25) is 15.2 Å². The van der Waals surface area contributed by atoms with Crippen LogP contribution < -0.4 is 11.1 Å². The Hall–Kier alpha value is -2.57. The Kier molecular flexibility index (Phi) is 3.13. The van der Waals surface area contributed by atoms with Crippen LogP contribution in [0.2, 0.25) is 0 Å². The van der Waals surface area contributed by atoms with Gasteiger partial charge in [-0.2, -0.15) is 5.10 Å². The molecular formula is C11H13N5O2. The number of anilines is 2. The van der Waals surface area contributed by atoms with E-state index in [0.717, 1.165) is 5.56 Å². The van der Waals surface area contributed by atoms with E-state index in [1.54, 1.807) is 25.3 Å². The van der Waals surface area contributed by atoms with Gasteiger partial charge in [0.25, 0.3) is 5.69 Å². The molecular weight excluding hydrogens is 234 g/mol. The van der Waals surface area contributed by atoms with Gasteiger partial charge in [-0.25, -0.2) is 0 Å². The van der Waals surface area contributed by atoms with Gasteiger partial charge in [0, 0.05) is 29.4 Å². The molecule has 0 saturated carbocycles. The Bertz CT molecular complexity index is 579. The molecule has 0 aliphatic rings. The summed E-state index contributed by atoms with van der Waals surface area (Å²) in [6, 6.07) is 4.91. The molecule has 1 aromatic heterocycles. The summed E-state index contributed by atoms with van der Waals surface area (Å²) >= 11 is 0. The van der Waals surface area contributed by atoms with E-state index in [1.807, 2.05) is 0 Å². The Labute approximate surface area is 103 Å². The molecule has 0 fully saturated rings. The molecule has 0 aliphatic carbocycles. The van der Waals surface area contributed by atoms with Crippen molar-refractivity contribution in [2.45, 2.75) is 13.5 Å². The van der Waals surface area contributed by atoms with Crippen LogP contribution in [0.3, 0.4) is 0 Å². The third-order valence-electron chi connectivity index (χ3n) is 2.72. The summed E-state index contributed by atoms with van der Waals surface area (Å²) in [5.74, 6) is 0.491. The molecule has 4 N–H and O–H groups in total. The van der Waals surface area contributed by atoms with Crippen LogP contribution in [-0.2, 0) is 6.54 Å². The zero-order chi connectivity index (χ0) is 13.1. The van der Waals surface area contributed by atoms with Gasteiger partial charge in [-0.1, -0.05) is 6.07 Å². The van der Waals surface area contributed by atoms with Crippen molar-refractivity contribution in [2.24, 2.45) is 0 Å². The fourth-order valence-corrected chi connectivity index (χ4v) is 1.67. The number of benzene rings is 1. The zero-order valence-corrected chi connectivity index (χ0v) is 9.80. The molecule has 94 valence electrons.